The molecule has 1 unspecified atom stereocenters. The topological polar surface area (TPSA) is 95.0 Å². The van der Waals surface area contributed by atoms with E-state index in [1.54, 1.807) is 23.9 Å². The molecule has 7 heteroatoms. The van der Waals surface area contributed by atoms with E-state index in [4.69, 9.17) is 0 Å². The van der Waals surface area contributed by atoms with Gasteiger partial charge in [0.05, 0.1) is 24.2 Å². The van der Waals surface area contributed by atoms with Crippen molar-refractivity contribution in [2.24, 2.45) is 17.3 Å². The number of aromatic nitrogens is 2. The van der Waals surface area contributed by atoms with Gasteiger partial charge in [0.25, 0.3) is 0 Å². The summed E-state index contributed by atoms with van der Waals surface area (Å²) in [7, 11) is 1.72. The van der Waals surface area contributed by atoms with Crippen LogP contribution >= 0.6 is 0 Å². The van der Waals surface area contributed by atoms with Gasteiger partial charge in [0.1, 0.15) is 5.69 Å². The number of imidazole rings is 1. The Morgan fingerprint density at radius 3 is 2.78 bits per heavy atom. The first-order chi connectivity index (χ1) is 13.2. The van der Waals surface area contributed by atoms with Gasteiger partial charge in [-0.2, -0.15) is 10.2 Å². The highest BCUT2D eigenvalue weighted by molar-refractivity contribution is 5.80. The third-order valence-corrected chi connectivity index (χ3v) is 4.50. The zero-order valence-electron chi connectivity index (χ0n) is 14.7. The molecule has 0 bridgehead atoms. The molecule has 27 heavy (non-hydrogen) atoms. The summed E-state index contributed by atoms with van der Waals surface area (Å²) in [5.41, 5.74) is 2.31. The highest BCUT2D eigenvalue weighted by atomic mass is 16.3. The minimum Gasteiger partial charge on any atom is -0.493 e. The van der Waals surface area contributed by atoms with Gasteiger partial charge in [-0.05, 0) is 29.0 Å². The second-order valence-electron chi connectivity index (χ2n) is 6.30. The van der Waals surface area contributed by atoms with Crippen LogP contribution in [0.2, 0.25) is 0 Å². The summed E-state index contributed by atoms with van der Waals surface area (Å²) >= 11 is 0. The number of nitrogens with zero attached hydrogens (tertiary/aromatic N) is 4. The smallest absolute Gasteiger partial charge is 0.220 e. The van der Waals surface area contributed by atoms with Gasteiger partial charge in [-0.1, -0.05) is 36.4 Å². The van der Waals surface area contributed by atoms with Crippen LogP contribution in [-0.2, 0) is 7.05 Å². The Balaban J connectivity index is 1.66. The first-order valence-electron chi connectivity index (χ1n) is 8.56. The lowest BCUT2D eigenvalue weighted by molar-refractivity contribution is 0.275. The Hall–Kier alpha value is -3.45. The highest BCUT2D eigenvalue weighted by Crippen LogP contribution is 2.25. The molecule has 0 saturated carbocycles. The molecule has 0 aliphatic carbocycles. The SMILES string of the molecule is Cn1c(NC(CO)c2ccccc2)nc(C=c2ccc3c(c2)C=NN=3)c1O. The molecule has 3 aromatic rings. The second-order valence-corrected chi connectivity index (χ2v) is 6.30. The molecule has 4 rings (SSSR count). The molecule has 0 saturated heterocycles. The van der Waals surface area contributed by atoms with Crippen molar-refractivity contribution < 1.29 is 10.2 Å². The van der Waals surface area contributed by atoms with Crippen molar-refractivity contribution in [3.8, 4) is 5.88 Å². The molecule has 1 aromatic heterocycles. The Bertz CT molecular complexity index is 1120. The van der Waals surface area contributed by atoms with Crippen LogP contribution in [0.5, 0.6) is 5.88 Å². The minimum atomic E-state index is -0.322. The average Bonchev–Trinajstić information content (AvgIpc) is 3.27. The standard InChI is InChI=1S/C20H19N5O2/c1-25-19(27)17(10-13-7-8-16-15(9-13)11-21-24-16)22-20(25)23-18(12-26)14-5-3-2-4-6-14/h2-11,18,26-27H,12H2,1H3,(H,22,23). The maximum absolute atomic E-state index is 10.5. The maximum atomic E-state index is 10.5. The molecule has 7 nitrogen and oxygen atoms in total. The number of aliphatic hydroxyl groups is 1. The summed E-state index contributed by atoms with van der Waals surface area (Å²) < 4.78 is 1.56. The van der Waals surface area contributed by atoms with Crippen molar-refractivity contribution in [3.05, 3.63) is 75.9 Å². The van der Waals surface area contributed by atoms with E-state index in [1.807, 2.05) is 48.5 Å². The normalized spacial score (nSPS) is 14.1. The summed E-state index contributed by atoms with van der Waals surface area (Å²) in [4.78, 5) is 4.49. The zero-order chi connectivity index (χ0) is 18.8. The van der Waals surface area contributed by atoms with E-state index >= 15 is 0 Å². The van der Waals surface area contributed by atoms with Crippen molar-refractivity contribution in [1.82, 2.24) is 9.55 Å². The number of aromatic hydroxyl groups is 1. The van der Waals surface area contributed by atoms with E-state index in [0.717, 1.165) is 21.7 Å². The first-order valence-corrected chi connectivity index (χ1v) is 8.56. The molecular formula is C20H19N5O2. The fourth-order valence-electron chi connectivity index (χ4n) is 2.98. The van der Waals surface area contributed by atoms with Crippen molar-refractivity contribution in [1.29, 1.82) is 0 Å². The highest BCUT2D eigenvalue weighted by Gasteiger charge is 2.17. The van der Waals surface area contributed by atoms with Crippen molar-refractivity contribution in [3.63, 3.8) is 0 Å². The van der Waals surface area contributed by atoms with Crippen molar-refractivity contribution in [2.75, 3.05) is 11.9 Å². The van der Waals surface area contributed by atoms with Gasteiger partial charge in [0.2, 0.25) is 11.8 Å². The lowest BCUT2D eigenvalue weighted by Gasteiger charge is -2.17. The van der Waals surface area contributed by atoms with Gasteiger partial charge in [0, 0.05) is 12.6 Å². The van der Waals surface area contributed by atoms with E-state index in [9.17, 15) is 10.2 Å². The van der Waals surface area contributed by atoms with Gasteiger partial charge in [-0.15, -0.1) is 0 Å². The van der Waals surface area contributed by atoms with E-state index in [1.165, 1.54) is 0 Å². The molecule has 1 aliphatic heterocycles. The lowest BCUT2D eigenvalue weighted by atomic mass is 10.1. The molecule has 1 atom stereocenters. The Morgan fingerprint density at radius 1 is 1.19 bits per heavy atom. The average molecular weight is 361 g/mol. The first kappa shape index (κ1) is 17.0. The molecule has 0 radical (unpaired) electrons. The number of hydrogen-bond acceptors (Lipinski definition) is 6. The van der Waals surface area contributed by atoms with Crippen LogP contribution in [0.4, 0.5) is 5.95 Å². The maximum Gasteiger partial charge on any atom is 0.220 e. The minimum absolute atomic E-state index is 0.0427. The fraction of sp³-hybridized carbons (Fsp3) is 0.150. The molecule has 3 N–H and O–H groups in total. The van der Waals surface area contributed by atoms with E-state index in [-0.39, 0.29) is 18.5 Å². The predicted octanol–water partition coefficient (Wildman–Crippen LogP) is 1.07. The van der Waals surface area contributed by atoms with E-state index in [2.05, 4.69) is 20.5 Å². The van der Waals surface area contributed by atoms with Crippen LogP contribution in [0.15, 0.2) is 58.7 Å². The number of rotatable bonds is 5. The second kappa shape index (κ2) is 7.05. The molecule has 2 heterocycles. The number of benzene rings is 2. The number of aliphatic hydroxyl groups excluding tert-OH is 1. The van der Waals surface area contributed by atoms with Crippen LogP contribution < -0.4 is 15.9 Å². The summed E-state index contributed by atoms with van der Waals surface area (Å²) in [5.74, 6) is 0.514. The monoisotopic (exact) mass is 361 g/mol. The number of anilines is 1. The zero-order valence-corrected chi connectivity index (χ0v) is 14.7. The van der Waals surface area contributed by atoms with Crippen LogP contribution in [0.1, 0.15) is 22.9 Å². The summed E-state index contributed by atoms with van der Waals surface area (Å²) in [6, 6.07) is 15.0. The number of nitrogens with one attached hydrogen (secondary N) is 1. The van der Waals surface area contributed by atoms with E-state index in [0.29, 0.717) is 11.6 Å². The Kier molecular flexibility index (Phi) is 4.43. The summed E-state index contributed by atoms with van der Waals surface area (Å²) in [6.07, 6.45) is 3.49. The van der Waals surface area contributed by atoms with Crippen LogP contribution in [0.3, 0.4) is 0 Å². The fourth-order valence-corrected chi connectivity index (χ4v) is 2.98. The summed E-state index contributed by atoms with van der Waals surface area (Å²) in [5, 5.41) is 33.0. The molecule has 0 fully saturated rings. The predicted molar refractivity (Wildman–Crippen MR) is 103 cm³/mol. The number of fused-ring (bicyclic) bond motifs is 1. The van der Waals surface area contributed by atoms with Crippen LogP contribution in [0.25, 0.3) is 6.08 Å². The van der Waals surface area contributed by atoms with Crippen LogP contribution in [0, 0.1) is 0 Å². The van der Waals surface area contributed by atoms with Crippen LogP contribution in [-0.4, -0.2) is 32.6 Å². The van der Waals surface area contributed by atoms with E-state index < -0.39 is 0 Å². The van der Waals surface area contributed by atoms with Crippen molar-refractivity contribution >= 4 is 18.2 Å². The van der Waals surface area contributed by atoms with Gasteiger partial charge in [-0.3, -0.25) is 4.57 Å². The third-order valence-electron chi connectivity index (χ3n) is 4.50. The Labute approximate surface area is 155 Å². The summed E-state index contributed by atoms with van der Waals surface area (Å²) in [6.45, 7) is -0.0929. The molecule has 0 spiro atoms. The molecular weight excluding hydrogens is 342 g/mol. The Morgan fingerprint density at radius 2 is 2.00 bits per heavy atom. The quantitative estimate of drug-likeness (QED) is 0.633. The van der Waals surface area contributed by atoms with Gasteiger partial charge in [-0.25, -0.2) is 4.98 Å². The number of hydrogen-bond donors (Lipinski definition) is 3. The lowest BCUT2D eigenvalue weighted by Crippen LogP contribution is -2.17. The molecule has 0 amide bonds. The molecule has 2 aromatic carbocycles. The molecule has 136 valence electrons. The van der Waals surface area contributed by atoms with Gasteiger partial charge < -0.3 is 15.5 Å². The van der Waals surface area contributed by atoms with Crippen molar-refractivity contribution in [2.45, 2.75) is 6.04 Å². The third kappa shape index (κ3) is 3.32. The van der Waals surface area contributed by atoms with Gasteiger partial charge in [0.15, 0.2) is 0 Å². The molecule has 1 aliphatic rings. The largest absolute Gasteiger partial charge is 0.493 e. The van der Waals surface area contributed by atoms with Gasteiger partial charge >= 0.3 is 0 Å².